The minimum atomic E-state index is 0.189. The molecule has 0 aliphatic carbocycles. The Hall–Kier alpha value is -0.120. The molecule has 1 aliphatic rings. The van der Waals surface area contributed by atoms with Crippen LogP contribution >= 0.6 is 0 Å². The van der Waals surface area contributed by atoms with E-state index in [1.165, 1.54) is 32.4 Å². The van der Waals surface area contributed by atoms with Crippen LogP contribution in [-0.4, -0.2) is 49.8 Å². The van der Waals surface area contributed by atoms with Gasteiger partial charge in [0.1, 0.15) is 0 Å². The highest BCUT2D eigenvalue weighted by Crippen LogP contribution is 2.22. The molecule has 0 aromatic heterocycles. The van der Waals surface area contributed by atoms with Gasteiger partial charge in [-0.3, -0.25) is 4.90 Å². The number of nitrogens with zero attached hydrogens (tertiary/aromatic N) is 1. The SMILES string of the molecule is CCCC1CCN(C(CNC(C)(C)C)COC)C1. The van der Waals surface area contributed by atoms with E-state index in [0.717, 1.165) is 19.1 Å². The standard InChI is InChI=1S/C15H32N2O/c1-6-7-13-8-9-17(11-13)14(12-18-5)10-16-15(2,3)4/h13-14,16H,6-12H2,1-5H3. The van der Waals surface area contributed by atoms with Gasteiger partial charge in [0.05, 0.1) is 6.61 Å². The number of hydrogen-bond donors (Lipinski definition) is 1. The highest BCUT2D eigenvalue weighted by Gasteiger charge is 2.28. The third-order valence-electron chi connectivity index (χ3n) is 3.76. The first-order chi connectivity index (χ1) is 8.46. The van der Waals surface area contributed by atoms with Gasteiger partial charge in [-0.15, -0.1) is 0 Å². The number of methoxy groups -OCH3 is 1. The van der Waals surface area contributed by atoms with Crippen LogP contribution in [0.4, 0.5) is 0 Å². The van der Waals surface area contributed by atoms with Crippen LogP contribution in [0.5, 0.6) is 0 Å². The Balaban J connectivity index is 2.42. The molecule has 0 amide bonds. The second-order valence-electron chi connectivity index (χ2n) is 6.68. The zero-order valence-corrected chi connectivity index (χ0v) is 13.0. The molecule has 2 unspecified atom stereocenters. The molecule has 18 heavy (non-hydrogen) atoms. The summed E-state index contributed by atoms with van der Waals surface area (Å²) in [4.78, 5) is 2.61. The van der Waals surface area contributed by atoms with Crippen molar-refractivity contribution in [2.75, 3.05) is 33.4 Å². The van der Waals surface area contributed by atoms with Crippen molar-refractivity contribution in [2.45, 2.75) is 58.5 Å². The maximum atomic E-state index is 5.40. The highest BCUT2D eigenvalue weighted by atomic mass is 16.5. The molecule has 2 atom stereocenters. The minimum absolute atomic E-state index is 0.189. The predicted octanol–water partition coefficient (Wildman–Crippen LogP) is 2.51. The monoisotopic (exact) mass is 256 g/mol. The number of likely N-dealkylation sites (tertiary alicyclic amines) is 1. The summed E-state index contributed by atoms with van der Waals surface area (Å²) in [5, 5.41) is 3.61. The van der Waals surface area contributed by atoms with Crippen LogP contribution in [0.3, 0.4) is 0 Å². The Labute approximate surface area is 113 Å². The van der Waals surface area contributed by atoms with Crippen molar-refractivity contribution in [1.82, 2.24) is 10.2 Å². The first-order valence-corrected chi connectivity index (χ1v) is 7.44. The number of hydrogen-bond acceptors (Lipinski definition) is 3. The van der Waals surface area contributed by atoms with Crippen LogP contribution in [0, 0.1) is 5.92 Å². The maximum absolute atomic E-state index is 5.40. The minimum Gasteiger partial charge on any atom is -0.383 e. The van der Waals surface area contributed by atoms with Gasteiger partial charge in [0.15, 0.2) is 0 Å². The zero-order chi connectivity index (χ0) is 13.6. The molecule has 1 heterocycles. The second-order valence-corrected chi connectivity index (χ2v) is 6.68. The fourth-order valence-electron chi connectivity index (χ4n) is 2.75. The van der Waals surface area contributed by atoms with E-state index < -0.39 is 0 Å². The molecule has 0 bridgehead atoms. The lowest BCUT2D eigenvalue weighted by Gasteiger charge is -2.31. The molecule has 3 nitrogen and oxygen atoms in total. The molecule has 108 valence electrons. The predicted molar refractivity (Wildman–Crippen MR) is 78.0 cm³/mol. The summed E-state index contributed by atoms with van der Waals surface area (Å²) in [5.41, 5.74) is 0.189. The molecule has 0 spiro atoms. The summed E-state index contributed by atoms with van der Waals surface area (Å²) in [7, 11) is 1.81. The Morgan fingerprint density at radius 3 is 2.67 bits per heavy atom. The summed E-state index contributed by atoms with van der Waals surface area (Å²) in [5.74, 6) is 0.906. The first-order valence-electron chi connectivity index (χ1n) is 7.44. The van der Waals surface area contributed by atoms with Gasteiger partial charge in [0.25, 0.3) is 0 Å². The second kappa shape index (κ2) is 7.46. The summed E-state index contributed by atoms with van der Waals surface area (Å²) in [6.07, 6.45) is 4.06. The molecule has 1 fully saturated rings. The Morgan fingerprint density at radius 2 is 2.11 bits per heavy atom. The average molecular weight is 256 g/mol. The highest BCUT2D eigenvalue weighted by molar-refractivity contribution is 4.84. The first kappa shape index (κ1) is 15.9. The zero-order valence-electron chi connectivity index (χ0n) is 13.0. The molecule has 1 N–H and O–H groups in total. The lowest BCUT2D eigenvalue weighted by Crippen LogP contribution is -2.49. The number of ether oxygens (including phenoxy) is 1. The van der Waals surface area contributed by atoms with Crippen molar-refractivity contribution in [2.24, 2.45) is 5.92 Å². The lowest BCUT2D eigenvalue weighted by molar-refractivity contribution is 0.0975. The molecule has 1 saturated heterocycles. The van der Waals surface area contributed by atoms with E-state index in [9.17, 15) is 0 Å². The van der Waals surface area contributed by atoms with Crippen molar-refractivity contribution in [3.63, 3.8) is 0 Å². The Morgan fingerprint density at radius 1 is 1.39 bits per heavy atom. The van der Waals surface area contributed by atoms with Gasteiger partial charge in [0.2, 0.25) is 0 Å². The third-order valence-corrected chi connectivity index (χ3v) is 3.76. The fourth-order valence-corrected chi connectivity index (χ4v) is 2.75. The average Bonchev–Trinajstić information content (AvgIpc) is 2.72. The quantitative estimate of drug-likeness (QED) is 0.757. The van der Waals surface area contributed by atoms with Crippen LogP contribution in [-0.2, 0) is 4.74 Å². The van der Waals surface area contributed by atoms with E-state index in [0.29, 0.717) is 6.04 Å². The van der Waals surface area contributed by atoms with Gasteiger partial charge in [-0.1, -0.05) is 13.3 Å². The van der Waals surface area contributed by atoms with Crippen LogP contribution in [0.15, 0.2) is 0 Å². The van der Waals surface area contributed by atoms with Crippen LogP contribution in [0.25, 0.3) is 0 Å². The topological polar surface area (TPSA) is 24.5 Å². The normalized spacial score (nSPS) is 23.5. The lowest BCUT2D eigenvalue weighted by atomic mass is 10.0. The molecular weight excluding hydrogens is 224 g/mol. The summed E-state index contributed by atoms with van der Waals surface area (Å²) >= 11 is 0. The van der Waals surface area contributed by atoms with Crippen LogP contribution in [0.2, 0.25) is 0 Å². The molecule has 3 heteroatoms. The van der Waals surface area contributed by atoms with Crippen molar-refractivity contribution in [3.8, 4) is 0 Å². The summed E-state index contributed by atoms with van der Waals surface area (Å²) in [6, 6.07) is 0.524. The molecule has 1 aliphatic heterocycles. The van der Waals surface area contributed by atoms with Crippen molar-refractivity contribution in [1.29, 1.82) is 0 Å². The van der Waals surface area contributed by atoms with Crippen molar-refractivity contribution in [3.05, 3.63) is 0 Å². The van der Waals surface area contributed by atoms with E-state index >= 15 is 0 Å². The molecule has 0 aromatic rings. The Kier molecular flexibility index (Phi) is 6.61. The van der Waals surface area contributed by atoms with Crippen molar-refractivity contribution >= 4 is 0 Å². The molecule has 0 saturated carbocycles. The van der Waals surface area contributed by atoms with E-state index in [-0.39, 0.29) is 5.54 Å². The van der Waals surface area contributed by atoms with Gasteiger partial charge in [-0.2, -0.15) is 0 Å². The van der Waals surface area contributed by atoms with Crippen LogP contribution < -0.4 is 5.32 Å². The van der Waals surface area contributed by atoms with E-state index in [1.807, 2.05) is 7.11 Å². The van der Waals surface area contributed by atoms with E-state index in [2.05, 4.69) is 37.9 Å². The smallest absolute Gasteiger partial charge is 0.0630 e. The molecule has 0 radical (unpaired) electrons. The van der Waals surface area contributed by atoms with Gasteiger partial charge in [-0.05, 0) is 46.1 Å². The van der Waals surface area contributed by atoms with E-state index in [4.69, 9.17) is 4.74 Å². The number of nitrogens with one attached hydrogen (secondary N) is 1. The van der Waals surface area contributed by atoms with Gasteiger partial charge in [-0.25, -0.2) is 0 Å². The van der Waals surface area contributed by atoms with Gasteiger partial charge in [0, 0.05) is 31.8 Å². The molecule has 0 aromatic carbocycles. The number of rotatable bonds is 7. The fraction of sp³-hybridized carbons (Fsp3) is 1.00. The maximum Gasteiger partial charge on any atom is 0.0630 e. The van der Waals surface area contributed by atoms with Gasteiger partial charge >= 0.3 is 0 Å². The largest absolute Gasteiger partial charge is 0.383 e. The van der Waals surface area contributed by atoms with E-state index in [1.54, 1.807) is 0 Å². The molecule has 1 rings (SSSR count). The summed E-state index contributed by atoms with van der Waals surface area (Å²) < 4.78 is 5.40. The van der Waals surface area contributed by atoms with Crippen molar-refractivity contribution < 1.29 is 4.74 Å². The Bertz CT molecular complexity index is 225. The van der Waals surface area contributed by atoms with Gasteiger partial charge < -0.3 is 10.1 Å². The third kappa shape index (κ3) is 5.68. The summed E-state index contributed by atoms with van der Waals surface area (Å²) in [6.45, 7) is 13.3. The van der Waals surface area contributed by atoms with Crippen LogP contribution in [0.1, 0.15) is 47.0 Å². The molecular formula is C15H32N2O.